The molecule has 5 nitrogen and oxygen atoms in total. The highest BCUT2D eigenvalue weighted by atomic mass is 16.2. The molecule has 0 radical (unpaired) electrons. The molecule has 1 aliphatic rings. The highest BCUT2D eigenvalue weighted by molar-refractivity contribution is 5.92. The molecule has 1 fully saturated rings. The first-order valence-electron chi connectivity index (χ1n) is 4.88. The summed E-state index contributed by atoms with van der Waals surface area (Å²) in [6, 6.07) is 0. The van der Waals surface area contributed by atoms with E-state index in [1.54, 1.807) is 0 Å². The van der Waals surface area contributed by atoms with Crippen LogP contribution in [0.2, 0.25) is 0 Å². The van der Waals surface area contributed by atoms with Crippen molar-refractivity contribution in [3.8, 4) is 0 Å². The number of nitrogens with one attached hydrogen (secondary N) is 2. The van der Waals surface area contributed by atoms with Gasteiger partial charge in [-0.25, -0.2) is 0 Å². The van der Waals surface area contributed by atoms with Crippen LogP contribution in [0.5, 0.6) is 0 Å². The Morgan fingerprint density at radius 2 is 2.29 bits per heavy atom. The van der Waals surface area contributed by atoms with E-state index in [0.717, 1.165) is 12.8 Å². The Kier molecular flexibility index (Phi) is 2.23. The van der Waals surface area contributed by atoms with Crippen molar-refractivity contribution in [3.63, 3.8) is 0 Å². The summed E-state index contributed by atoms with van der Waals surface area (Å²) in [6.07, 6.45) is 5.92. The number of amides is 1. The van der Waals surface area contributed by atoms with Crippen molar-refractivity contribution < 1.29 is 4.79 Å². The van der Waals surface area contributed by atoms with Crippen LogP contribution >= 0.6 is 0 Å². The van der Waals surface area contributed by atoms with Gasteiger partial charge < -0.3 is 5.32 Å². The van der Waals surface area contributed by atoms with Crippen molar-refractivity contribution >= 4 is 5.91 Å². The van der Waals surface area contributed by atoms with Gasteiger partial charge in [0.15, 0.2) is 5.69 Å². The fourth-order valence-electron chi connectivity index (χ4n) is 1.93. The molecule has 76 valence electrons. The smallest absolute Gasteiger partial charge is 0.273 e. The van der Waals surface area contributed by atoms with E-state index in [1.165, 1.54) is 19.0 Å². The molecule has 0 aromatic carbocycles. The summed E-state index contributed by atoms with van der Waals surface area (Å²) >= 11 is 0. The predicted octanol–water partition coefficient (Wildman–Crippen LogP) is 0.867. The number of carbonyl (C=O) groups is 1. The fourth-order valence-corrected chi connectivity index (χ4v) is 1.93. The van der Waals surface area contributed by atoms with Gasteiger partial charge in [-0.3, -0.25) is 4.79 Å². The average Bonchev–Trinajstić information content (AvgIpc) is 2.74. The Balaban J connectivity index is 2.01. The first-order valence-corrected chi connectivity index (χ1v) is 4.88. The summed E-state index contributed by atoms with van der Waals surface area (Å²) in [5, 5.41) is 12.8. The van der Waals surface area contributed by atoms with E-state index in [-0.39, 0.29) is 11.4 Å². The zero-order chi connectivity index (χ0) is 10.0. The molecule has 1 saturated carbocycles. The van der Waals surface area contributed by atoms with Crippen LogP contribution in [-0.2, 0) is 0 Å². The van der Waals surface area contributed by atoms with E-state index in [4.69, 9.17) is 0 Å². The van der Waals surface area contributed by atoms with Crippen LogP contribution < -0.4 is 5.32 Å². The summed E-state index contributed by atoms with van der Waals surface area (Å²) in [4.78, 5) is 11.6. The number of rotatable bonds is 2. The fraction of sp³-hybridized carbons (Fsp3) is 0.667. The zero-order valence-corrected chi connectivity index (χ0v) is 8.21. The summed E-state index contributed by atoms with van der Waals surface area (Å²) in [5.74, 6) is -0.136. The molecular formula is C9H14N4O. The van der Waals surface area contributed by atoms with Crippen molar-refractivity contribution in [1.29, 1.82) is 0 Å². The van der Waals surface area contributed by atoms with Crippen molar-refractivity contribution in [2.75, 3.05) is 0 Å². The van der Waals surface area contributed by atoms with E-state index in [9.17, 15) is 4.79 Å². The number of aromatic nitrogens is 3. The third-order valence-electron chi connectivity index (χ3n) is 2.77. The van der Waals surface area contributed by atoms with Gasteiger partial charge in [-0.1, -0.05) is 12.8 Å². The minimum atomic E-state index is -0.136. The van der Waals surface area contributed by atoms with Crippen LogP contribution in [0.25, 0.3) is 0 Å². The van der Waals surface area contributed by atoms with Crippen LogP contribution in [0.4, 0.5) is 0 Å². The molecule has 1 aromatic heterocycles. The molecule has 2 rings (SSSR count). The molecule has 0 saturated heterocycles. The predicted molar refractivity (Wildman–Crippen MR) is 50.7 cm³/mol. The molecule has 0 atom stereocenters. The van der Waals surface area contributed by atoms with E-state index in [2.05, 4.69) is 27.7 Å². The first-order chi connectivity index (χ1) is 6.70. The molecule has 2 N–H and O–H groups in total. The lowest BCUT2D eigenvalue weighted by Gasteiger charge is -2.24. The number of aromatic amines is 1. The molecule has 0 aliphatic heterocycles. The van der Waals surface area contributed by atoms with Crippen LogP contribution in [-0.4, -0.2) is 26.9 Å². The standard InChI is InChI=1S/C9H14N4O/c1-9(4-2-3-5-9)11-8(14)7-6-10-13-12-7/h6H,2-5H2,1H3,(H,11,14)(H,10,12,13). The second-order valence-corrected chi connectivity index (χ2v) is 4.08. The number of hydrogen-bond acceptors (Lipinski definition) is 3. The van der Waals surface area contributed by atoms with Gasteiger partial charge in [0, 0.05) is 5.54 Å². The molecule has 14 heavy (non-hydrogen) atoms. The Hall–Kier alpha value is -1.39. The molecule has 5 heteroatoms. The number of H-pyrrole nitrogens is 1. The molecule has 1 amide bonds. The lowest BCUT2D eigenvalue weighted by molar-refractivity contribution is 0.0903. The molecular weight excluding hydrogens is 180 g/mol. The zero-order valence-electron chi connectivity index (χ0n) is 8.21. The van der Waals surface area contributed by atoms with E-state index in [0.29, 0.717) is 5.69 Å². The van der Waals surface area contributed by atoms with Gasteiger partial charge in [0.1, 0.15) is 0 Å². The van der Waals surface area contributed by atoms with Crippen LogP contribution in [0.1, 0.15) is 43.1 Å². The van der Waals surface area contributed by atoms with Gasteiger partial charge in [0.25, 0.3) is 5.91 Å². The van der Waals surface area contributed by atoms with Crippen molar-refractivity contribution in [2.24, 2.45) is 0 Å². The quantitative estimate of drug-likeness (QED) is 0.733. The molecule has 1 aliphatic carbocycles. The van der Waals surface area contributed by atoms with Crippen LogP contribution in [0.15, 0.2) is 6.20 Å². The van der Waals surface area contributed by atoms with Crippen LogP contribution in [0, 0.1) is 0 Å². The van der Waals surface area contributed by atoms with Gasteiger partial charge in [-0.2, -0.15) is 15.4 Å². The van der Waals surface area contributed by atoms with E-state index < -0.39 is 0 Å². The minimum absolute atomic E-state index is 0.0456. The highest BCUT2D eigenvalue weighted by Gasteiger charge is 2.30. The first kappa shape index (κ1) is 9.18. The monoisotopic (exact) mass is 194 g/mol. The van der Waals surface area contributed by atoms with Crippen molar-refractivity contribution in [3.05, 3.63) is 11.9 Å². The average molecular weight is 194 g/mol. The Morgan fingerprint density at radius 1 is 1.57 bits per heavy atom. The lowest BCUT2D eigenvalue weighted by Crippen LogP contribution is -2.43. The van der Waals surface area contributed by atoms with E-state index in [1.807, 2.05) is 0 Å². The van der Waals surface area contributed by atoms with Crippen LogP contribution in [0.3, 0.4) is 0 Å². The SMILES string of the molecule is CC1(NC(=O)c2cn[nH]n2)CCCC1. The Morgan fingerprint density at radius 3 is 2.86 bits per heavy atom. The van der Waals surface area contributed by atoms with Gasteiger partial charge in [-0.15, -0.1) is 0 Å². The summed E-state index contributed by atoms with van der Waals surface area (Å²) < 4.78 is 0. The lowest BCUT2D eigenvalue weighted by atomic mass is 10.0. The van der Waals surface area contributed by atoms with Crippen molar-refractivity contribution in [1.82, 2.24) is 20.7 Å². The number of nitrogens with zero attached hydrogens (tertiary/aromatic N) is 2. The van der Waals surface area contributed by atoms with Gasteiger partial charge in [0.2, 0.25) is 0 Å². The molecule has 0 unspecified atom stereocenters. The van der Waals surface area contributed by atoms with Crippen molar-refractivity contribution in [2.45, 2.75) is 38.1 Å². The third-order valence-corrected chi connectivity index (χ3v) is 2.77. The normalized spacial score (nSPS) is 19.5. The minimum Gasteiger partial charge on any atom is -0.345 e. The Bertz CT molecular complexity index is 314. The largest absolute Gasteiger partial charge is 0.345 e. The Labute approximate surface area is 82.3 Å². The topological polar surface area (TPSA) is 70.7 Å². The van der Waals surface area contributed by atoms with Gasteiger partial charge in [-0.05, 0) is 19.8 Å². The van der Waals surface area contributed by atoms with E-state index >= 15 is 0 Å². The second-order valence-electron chi connectivity index (χ2n) is 4.08. The molecule has 1 aromatic rings. The molecule has 1 heterocycles. The maximum Gasteiger partial charge on any atom is 0.273 e. The van der Waals surface area contributed by atoms with Gasteiger partial charge in [0.05, 0.1) is 6.20 Å². The third kappa shape index (κ3) is 1.76. The summed E-state index contributed by atoms with van der Waals surface area (Å²) in [7, 11) is 0. The second kappa shape index (κ2) is 3.40. The molecule has 0 bridgehead atoms. The van der Waals surface area contributed by atoms with Gasteiger partial charge >= 0.3 is 0 Å². The number of carbonyl (C=O) groups excluding carboxylic acids is 1. The summed E-state index contributed by atoms with van der Waals surface area (Å²) in [5.41, 5.74) is 0.314. The summed E-state index contributed by atoms with van der Waals surface area (Å²) in [6.45, 7) is 2.08. The molecule has 0 spiro atoms. The maximum absolute atomic E-state index is 11.6. The number of hydrogen-bond donors (Lipinski definition) is 2. The maximum atomic E-state index is 11.6. The highest BCUT2D eigenvalue weighted by Crippen LogP contribution is 2.28.